The number of rotatable bonds is 23. The second-order valence-corrected chi connectivity index (χ2v) is 13.0. The van der Waals surface area contributed by atoms with E-state index in [-0.39, 0.29) is 11.5 Å². The van der Waals surface area contributed by atoms with Gasteiger partial charge in [-0.05, 0) is 64.8 Å². The highest BCUT2D eigenvalue weighted by molar-refractivity contribution is 5.85. The minimum absolute atomic E-state index is 0.141. The van der Waals surface area contributed by atoms with Gasteiger partial charge in [-0.15, -0.1) is 0 Å². The van der Waals surface area contributed by atoms with Crippen molar-refractivity contribution in [1.82, 2.24) is 0 Å². The van der Waals surface area contributed by atoms with E-state index in [4.69, 9.17) is 19.5 Å². The maximum atomic E-state index is 10.6. The smallest absolute Gasteiger partial charge is 0.128 e. The Kier molecular flexibility index (Phi) is 17.0. The lowest BCUT2D eigenvalue weighted by molar-refractivity contribution is 0.302. The highest BCUT2D eigenvalue weighted by Gasteiger charge is 2.36. The normalized spacial score (nSPS) is 12.4. The number of nitrogens with zero attached hydrogens (tertiary/aromatic N) is 2. The summed E-state index contributed by atoms with van der Waals surface area (Å²) in [4.78, 5) is 9.60. The first-order chi connectivity index (χ1) is 21.1. The zero-order valence-electron chi connectivity index (χ0n) is 28.5. The monoisotopic (exact) mass is 608 g/mol. The quantitative estimate of drug-likeness (QED) is 0.0971. The van der Waals surface area contributed by atoms with Crippen LogP contribution in [0.1, 0.15) is 143 Å². The van der Waals surface area contributed by atoms with Gasteiger partial charge in [0, 0.05) is 35.7 Å². The Balaban J connectivity index is 1.86. The van der Waals surface area contributed by atoms with Crippen molar-refractivity contribution < 1.29 is 19.7 Å². The van der Waals surface area contributed by atoms with E-state index in [9.17, 15) is 10.2 Å². The van der Waals surface area contributed by atoms with Gasteiger partial charge < -0.3 is 19.7 Å². The first-order valence-electron chi connectivity index (χ1n) is 17.1. The summed E-state index contributed by atoms with van der Waals surface area (Å²) < 4.78 is 11.7. The van der Waals surface area contributed by atoms with Crippen LogP contribution in [0.4, 0.5) is 0 Å². The number of hydrogen-bond acceptors (Lipinski definition) is 6. The van der Waals surface area contributed by atoms with Crippen molar-refractivity contribution in [3.8, 4) is 23.0 Å². The van der Waals surface area contributed by atoms with E-state index in [2.05, 4.69) is 13.8 Å². The molecule has 2 rings (SSSR count). The summed E-state index contributed by atoms with van der Waals surface area (Å²) in [6, 6.07) is 10.7. The lowest BCUT2D eigenvalue weighted by atomic mass is 9.83. The maximum absolute atomic E-state index is 10.6. The van der Waals surface area contributed by atoms with Crippen molar-refractivity contribution in [2.24, 2.45) is 9.98 Å². The van der Waals surface area contributed by atoms with E-state index in [1.807, 2.05) is 52.0 Å². The molecule has 0 aliphatic heterocycles. The zero-order valence-corrected chi connectivity index (χ0v) is 28.5. The molecule has 0 aliphatic carbocycles. The fourth-order valence-electron chi connectivity index (χ4n) is 4.72. The third-order valence-electron chi connectivity index (χ3n) is 8.59. The molecular weight excluding hydrogens is 548 g/mol. The van der Waals surface area contributed by atoms with Crippen molar-refractivity contribution in [2.75, 3.05) is 13.2 Å². The number of aliphatic imine (C=N–C) groups is 2. The van der Waals surface area contributed by atoms with Crippen molar-refractivity contribution in [3.05, 3.63) is 47.5 Å². The standard InChI is InChI=1S/C38H60N2O4/c1-7-9-11-13-15-17-19-25-43-33-23-21-31(35(41)27-33)29-39-37(3,4)38(5,6)40-30-32-22-24-34(28-36(32)42)44-26-20-18-16-14-12-10-8-2/h21-24,27-30,41-42H,7-20,25-26H2,1-6H3. The first kappa shape index (κ1) is 37.2. The maximum Gasteiger partial charge on any atom is 0.128 e. The van der Waals surface area contributed by atoms with Gasteiger partial charge in [0.15, 0.2) is 0 Å². The Bertz CT molecular complexity index is 1050. The number of unbranched alkanes of at least 4 members (excludes halogenated alkanes) is 12. The molecule has 6 heteroatoms. The lowest BCUT2D eigenvalue weighted by Gasteiger charge is -2.35. The third-order valence-corrected chi connectivity index (χ3v) is 8.59. The molecular formula is C38H60N2O4. The van der Waals surface area contributed by atoms with E-state index < -0.39 is 11.1 Å². The minimum atomic E-state index is -0.586. The van der Waals surface area contributed by atoms with Gasteiger partial charge >= 0.3 is 0 Å². The van der Waals surface area contributed by atoms with Crippen LogP contribution in [0.25, 0.3) is 0 Å². The number of benzene rings is 2. The van der Waals surface area contributed by atoms with Gasteiger partial charge in [-0.1, -0.05) is 90.9 Å². The molecule has 246 valence electrons. The molecule has 0 saturated carbocycles. The highest BCUT2D eigenvalue weighted by atomic mass is 16.5. The van der Waals surface area contributed by atoms with Gasteiger partial charge in [0.05, 0.1) is 24.3 Å². The summed E-state index contributed by atoms with van der Waals surface area (Å²) in [6.45, 7) is 13.8. The molecule has 0 amide bonds. The zero-order chi connectivity index (χ0) is 32.3. The second kappa shape index (κ2) is 20.1. The molecule has 0 unspecified atom stereocenters. The van der Waals surface area contributed by atoms with E-state index in [0.29, 0.717) is 35.8 Å². The fourth-order valence-corrected chi connectivity index (χ4v) is 4.72. The van der Waals surface area contributed by atoms with Crippen LogP contribution in [-0.4, -0.2) is 46.9 Å². The Morgan fingerprint density at radius 3 is 1.23 bits per heavy atom. The van der Waals surface area contributed by atoms with E-state index in [1.54, 1.807) is 24.6 Å². The predicted molar refractivity (Wildman–Crippen MR) is 187 cm³/mol. The fraction of sp³-hybridized carbons (Fsp3) is 0.632. The number of ether oxygens (including phenoxy) is 2. The molecule has 0 saturated heterocycles. The first-order valence-corrected chi connectivity index (χ1v) is 17.1. The van der Waals surface area contributed by atoms with Gasteiger partial charge in [-0.25, -0.2) is 0 Å². The Labute approximate surface area is 268 Å². The average Bonchev–Trinajstić information content (AvgIpc) is 2.99. The summed E-state index contributed by atoms with van der Waals surface area (Å²) in [7, 11) is 0. The molecule has 0 atom stereocenters. The van der Waals surface area contributed by atoms with E-state index in [0.717, 1.165) is 12.8 Å². The van der Waals surface area contributed by atoms with Gasteiger partial charge in [0.1, 0.15) is 23.0 Å². The molecule has 44 heavy (non-hydrogen) atoms. The number of hydrogen-bond donors (Lipinski definition) is 2. The number of aromatic hydroxyl groups is 2. The molecule has 0 aromatic heterocycles. The molecule has 0 aliphatic rings. The summed E-state index contributed by atoms with van der Waals surface area (Å²) in [5, 5.41) is 21.2. The van der Waals surface area contributed by atoms with E-state index >= 15 is 0 Å². The molecule has 2 aromatic rings. The van der Waals surface area contributed by atoms with Crippen LogP contribution < -0.4 is 9.47 Å². The molecule has 2 N–H and O–H groups in total. The number of phenols is 2. The predicted octanol–water partition coefficient (Wildman–Crippen LogP) is 10.5. The topological polar surface area (TPSA) is 83.6 Å². The molecule has 0 fully saturated rings. The Morgan fingerprint density at radius 2 is 0.886 bits per heavy atom. The Morgan fingerprint density at radius 1 is 0.545 bits per heavy atom. The van der Waals surface area contributed by atoms with Crippen molar-refractivity contribution in [3.63, 3.8) is 0 Å². The van der Waals surface area contributed by atoms with E-state index in [1.165, 1.54) is 77.0 Å². The van der Waals surface area contributed by atoms with Crippen LogP contribution in [0.5, 0.6) is 23.0 Å². The van der Waals surface area contributed by atoms with Crippen molar-refractivity contribution in [2.45, 2.75) is 143 Å². The third kappa shape index (κ3) is 13.7. The van der Waals surface area contributed by atoms with Crippen LogP contribution in [0.15, 0.2) is 46.4 Å². The van der Waals surface area contributed by atoms with Crippen LogP contribution >= 0.6 is 0 Å². The summed E-state index contributed by atoms with van der Waals surface area (Å²) >= 11 is 0. The SMILES string of the molecule is CCCCCCCCCOc1ccc(C=NC(C)(C)C(C)(C)N=Cc2ccc(OCCCCCCCCC)cc2O)c(O)c1. The van der Waals surface area contributed by atoms with Gasteiger partial charge in [-0.2, -0.15) is 0 Å². The highest BCUT2D eigenvalue weighted by Crippen LogP contribution is 2.31. The van der Waals surface area contributed by atoms with Crippen molar-refractivity contribution in [1.29, 1.82) is 0 Å². The largest absolute Gasteiger partial charge is 0.507 e. The average molecular weight is 609 g/mol. The summed E-state index contributed by atoms with van der Waals surface area (Å²) in [6.07, 6.45) is 20.7. The van der Waals surface area contributed by atoms with Crippen LogP contribution in [-0.2, 0) is 0 Å². The van der Waals surface area contributed by atoms with Crippen LogP contribution in [0.2, 0.25) is 0 Å². The van der Waals surface area contributed by atoms with Gasteiger partial charge in [0.2, 0.25) is 0 Å². The Hall–Kier alpha value is -3.02. The van der Waals surface area contributed by atoms with Crippen LogP contribution in [0, 0.1) is 0 Å². The minimum Gasteiger partial charge on any atom is -0.507 e. The van der Waals surface area contributed by atoms with Crippen LogP contribution in [0.3, 0.4) is 0 Å². The molecule has 0 spiro atoms. The lowest BCUT2D eigenvalue weighted by Crippen LogP contribution is -2.42. The summed E-state index contributed by atoms with van der Waals surface area (Å²) in [5.74, 6) is 1.62. The van der Waals surface area contributed by atoms with Crippen molar-refractivity contribution >= 4 is 12.4 Å². The molecule has 0 radical (unpaired) electrons. The van der Waals surface area contributed by atoms with Gasteiger partial charge in [-0.3, -0.25) is 9.98 Å². The number of phenolic OH excluding ortho intramolecular Hbond substituents is 2. The molecule has 0 heterocycles. The molecule has 2 aromatic carbocycles. The molecule has 6 nitrogen and oxygen atoms in total. The summed E-state index contributed by atoms with van der Waals surface area (Å²) in [5.41, 5.74) is 0.0891. The van der Waals surface area contributed by atoms with Gasteiger partial charge in [0.25, 0.3) is 0 Å². The second-order valence-electron chi connectivity index (χ2n) is 13.0. The molecule has 0 bridgehead atoms.